The van der Waals surface area contributed by atoms with Gasteiger partial charge < -0.3 is 23.9 Å². The van der Waals surface area contributed by atoms with Crippen LogP contribution in [0.15, 0.2) is 23.4 Å². The zero-order chi connectivity index (χ0) is 22.2. The molecular weight excluding hydrogens is 410 g/mol. The molecule has 0 bridgehead atoms. The smallest absolute Gasteiger partial charge is 0.387 e. The maximum Gasteiger partial charge on any atom is 0.387 e. The van der Waals surface area contributed by atoms with Gasteiger partial charge >= 0.3 is 6.61 Å². The molecule has 1 heterocycles. The molecule has 7 nitrogen and oxygen atoms in total. The minimum atomic E-state index is -2.93. The number of carbonyl (C=O) groups is 1. The van der Waals surface area contributed by atoms with Crippen molar-refractivity contribution in [3.63, 3.8) is 0 Å². The first-order valence-electron chi connectivity index (χ1n) is 10.7. The number of ether oxygens (including phenoxy) is 3. The third kappa shape index (κ3) is 7.34. The van der Waals surface area contributed by atoms with E-state index in [0.717, 1.165) is 25.7 Å². The van der Waals surface area contributed by atoms with Crippen molar-refractivity contribution in [2.75, 3.05) is 19.7 Å². The Morgan fingerprint density at radius 1 is 1.23 bits per heavy atom. The Morgan fingerprint density at radius 3 is 2.61 bits per heavy atom. The molecule has 3 rings (SSSR count). The van der Waals surface area contributed by atoms with Crippen molar-refractivity contribution in [1.29, 1.82) is 0 Å². The van der Waals surface area contributed by atoms with Crippen LogP contribution in [0, 0.1) is 0 Å². The van der Waals surface area contributed by atoms with Crippen molar-refractivity contribution in [3.05, 3.63) is 23.8 Å². The Labute approximate surface area is 181 Å². The molecule has 172 valence electrons. The number of nitrogens with zero attached hydrogens (tertiary/aromatic N) is 2. The molecule has 1 saturated carbocycles. The summed E-state index contributed by atoms with van der Waals surface area (Å²) in [7, 11) is 0. The third-order valence-corrected chi connectivity index (χ3v) is 5.24. The summed E-state index contributed by atoms with van der Waals surface area (Å²) in [5, 5.41) is 3.89. The Kier molecular flexibility index (Phi) is 8.45. The van der Waals surface area contributed by atoms with Crippen molar-refractivity contribution in [2.45, 2.75) is 70.9 Å². The topological polar surface area (TPSA) is 69.6 Å². The van der Waals surface area contributed by atoms with E-state index in [1.165, 1.54) is 12.3 Å². The Hall–Kier alpha value is -2.42. The van der Waals surface area contributed by atoms with Gasteiger partial charge in [0.25, 0.3) is 0 Å². The number of alkyl halides is 2. The molecule has 1 aromatic rings. The fraction of sp³-hybridized carbons (Fsp3) is 0.636. The van der Waals surface area contributed by atoms with Crippen LogP contribution in [0.4, 0.5) is 8.78 Å². The zero-order valence-electron chi connectivity index (χ0n) is 18.0. The fourth-order valence-corrected chi connectivity index (χ4v) is 3.90. The van der Waals surface area contributed by atoms with Crippen LogP contribution in [0.5, 0.6) is 11.5 Å². The number of oxime groups is 1. The summed E-state index contributed by atoms with van der Waals surface area (Å²) in [6, 6.07) is 4.63. The van der Waals surface area contributed by atoms with Crippen LogP contribution in [-0.2, 0) is 14.4 Å². The highest BCUT2D eigenvalue weighted by Gasteiger charge is 2.25. The van der Waals surface area contributed by atoms with Crippen LogP contribution in [-0.4, -0.2) is 61.6 Å². The maximum atomic E-state index is 12.7. The van der Waals surface area contributed by atoms with Crippen molar-refractivity contribution in [3.8, 4) is 11.5 Å². The molecule has 0 spiro atoms. The first-order valence-corrected chi connectivity index (χ1v) is 10.7. The normalized spacial score (nSPS) is 22.3. The molecule has 2 unspecified atom stereocenters. The number of hydrogen-bond acceptors (Lipinski definition) is 6. The van der Waals surface area contributed by atoms with Crippen LogP contribution in [0.1, 0.15) is 51.5 Å². The molecule has 1 saturated heterocycles. The molecule has 2 atom stereocenters. The van der Waals surface area contributed by atoms with Crippen molar-refractivity contribution in [1.82, 2.24) is 4.90 Å². The van der Waals surface area contributed by atoms with E-state index >= 15 is 0 Å². The third-order valence-electron chi connectivity index (χ3n) is 5.24. The summed E-state index contributed by atoms with van der Waals surface area (Å²) < 4.78 is 41.4. The highest BCUT2D eigenvalue weighted by Crippen LogP contribution is 2.33. The Balaban J connectivity index is 1.50. The van der Waals surface area contributed by atoms with E-state index in [1.54, 1.807) is 17.0 Å². The number of amides is 1. The van der Waals surface area contributed by atoms with Crippen molar-refractivity contribution in [2.24, 2.45) is 5.16 Å². The lowest BCUT2D eigenvalue weighted by atomic mass is 10.2. The molecule has 0 aromatic heterocycles. The molecule has 1 aromatic carbocycles. The second kappa shape index (κ2) is 11.3. The lowest BCUT2D eigenvalue weighted by Crippen LogP contribution is -2.48. The molecule has 0 N–H and O–H groups in total. The zero-order valence-corrected chi connectivity index (χ0v) is 18.0. The average molecular weight is 440 g/mol. The lowest BCUT2D eigenvalue weighted by Gasteiger charge is -2.35. The van der Waals surface area contributed by atoms with Crippen LogP contribution < -0.4 is 9.47 Å². The molecule has 31 heavy (non-hydrogen) atoms. The maximum absolute atomic E-state index is 12.7. The highest BCUT2D eigenvalue weighted by molar-refractivity contribution is 5.80. The predicted molar refractivity (Wildman–Crippen MR) is 111 cm³/mol. The van der Waals surface area contributed by atoms with Crippen LogP contribution >= 0.6 is 0 Å². The van der Waals surface area contributed by atoms with E-state index in [2.05, 4.69) is 9.89 Å². The molecule has 1 aliphatic carbocycles. The fourth-order valence-electron chi connectivity index (χ4n) is 3.90. The van der Waals surface area contributed by atoms with Gasteiger partial charge in [0.2, 0.25) is 5.91 Å². The molecule has 9 heteroatoms. The highest BCUT2D eigenvalue weighted by atomic mass is 19.3. The van der Waals surface area contributed by atoms with E-state index < -0.39 is 6.61 Å². The van der Waals surface area contributed by atoms with Crippen LogP contribution in [0.3, 0.4) is 0 Å². The van der Waals surface area contributed by atoms with Gasteiger partial charge in [0.1, 0.15) is 6.61 Å². The van der Waals surface area contributed by atoms with E-state index in [0.29, 0.717) is 18.7 Å². The number of carbonyl (C=O) groups excluding carboxylic acids is 1. The molecule has 1 aliphatic heterocycles. The standard InChI is InChI=1S/C22H30F2N2O5/c1-15-13-26(14-16(2)29-15)21(27)9-10-28-25-12-17-7-8-19(31-22(23)24)20(11-17)30-18-5-3-4-6-18/h7-8,11-12,15-16,18,22H,3-6,9-10,13-14H2,1-2H3/b25-12+. The second-order valence-corrected chi connectivity index (χ2v) is 7.98. The van der Waals surface area contributed by atoms with Crippen LogP contribution in [0.2, 0.25) is 0 Å². The largest absolute Gasteiger partial charge is 0.487 e. The van der Waals surface area contributed by atoms with E-state index in [-0.39, 0.29) is 48.7 Å². The van der Waals surface area contributed by atoms with Gasteiger partial charge in [-0.1, -0.05) is 5.16 Å². The average Bonchev–Trinajstić information content (AvgIpc) is 3.21. The van der Waals surface area contributed by atoms with Gasteiger partial charge in [-0.25, -0.2) is 0 Å². The van der Waals surface area contributed by atoms with E-state index in [1.807, 2.05) is 13.8 Å². The molecular formula is C22H30F2N2O5. The summed E-state index contributed by atoms with van der Waals surface area (Å²) in [6.07, 6.45) is 5.62. The van der Waals surface area contributed by atoms with Gasteiger partial charge in [-0.2, -0.15) is 8.78 Å². The first-order chi connectivity index (χ1) is 14.9. The Bertz CT molecular complexity index is 745. The number of rotatable bonds is 9. The molecule has 1 amide bonds. The van der Waals surface area contributed by atoms with Gasteiger partial charge in [-0.3, -0.25) is 4.79 Å². The Morgan fingerprint density at radius 2 is 1.94 bits per heavy atom. The van der Waals surface area contributed by atoms with E-state index in [9.17, 15) is 13.6 Å². The monoisotopic (exact) mass is 440 g/mol. The van der Waals surface area contributed by atoms with E-state index in [4.69, 9.17) is 14.3 Å². The second-order valence-electron chi connectivity index (χ2n) is 7.98. The molecule has 0 radical (unpaired) electrons. The number of morpholine rings is 1. The number of hydrogen-bond donors (Lipinski definition) is 0. The lowest BCUT2D eigenvalue weighted by molar-refractivity contribution is -0.144. The summed E-state index contributed by atoms with van der Waals surface area (Å²) in [6.45, 7) is 2.25. The summed E-state index contributed by atoms with van der Waals surface area (Å²) >= 11 is 0. The minimum Gasteiger partial charge on any atom is -0.487 e. The minimum absolute atomic E-state index is 0.0000904. The quantitative estimate of drug-likeness (QED) is 0.330. The van der Waals surface area contributed by atoms with Gasteiger partial charge in [-0.15, -0.1) is 0 Å². The van der Waals surface area contributed by atoms with Gasteiger partial charge in [0, 0.05) is 18.7 Å². The summed E-state index contributed by atoms with van der Waals surface area (Å²) in [5.74, 6) is 0.263. The van der Waals surface area contributed by atoms with Gasteiger partial charge in [0.15, 0.2) is 11.5 Å². The summed E-state index contributed by atoms with van der Waals surface area (Å²) in [4.78, 5) is 19.3. The van der Waals surface area contributed by atoms with Gasteiger partial charge in [-0.05, 0) is 57.7 Å². The van der Waals surface area contributed by atoms with Crippen LogP contribution in [0.25, 0.3) is 0 Å². The van der Waals surface area contributed by atoms with Gasteiger partial charge in [0.05, 0.1) is 30.9 Å². The molecule has 2 aliphatic rings. The molecule has 2 fully saturated rings. The van der Waals surface area contributed by atoms with Crippen molar-refractivity contribution >= 4 is 12.1 Å². The number of benzene rings is 1. The SMILES string of the molecule is CC1CN(C(=O)CCO/N=C/c2ccc(OC(F)F)c(OC3CCCC3)c2)CC(C)O1. The van der Waals surface area contributed by atoms with Crippen molar-refractivity contribution < 1.29 is 32.6 Å². The number of halogens is 2. The first kappa shape index (κ1) is 23.2. The predicted octanol–water partition coefficient (Wildman–Crippen LogP) is 3.99. The summed E-state index contributed by atoms with van der Waals surface area (Å²) in [5.41, 5.74) is 0.622.